The van der Waals surface area contributed by atoms with Crippen LogP contribution in [0.25, 0.3) is 0 Å². The molecular weight excluding hydrogens is 216 g/mol. The zero-order chi connectivity index (χ0) is 12.7. The molecule has 1 N–H and O–H groups in total. The SMILES string of the molecule is COCCC(C)C(O)C(OC)c1ccccc1. The molecule has 0 fully saturated rings. The third-order valence-electron chi connectivity index (χ3n) is 3.05. The molecule has 0 amide bonds. The molecule has 1 rings (SSSR count). The molecule has 17 heavy (non-hydrogen) atoms. The molecule has 0 radical (unpaired) electrons. The van der Waals surface area contributed by atoms with Crippen LogP contribution in [-0.4, -0.2) is 32.0 Å². The Balaban J connectivity index is 2.67. The number of aliphatic hydroxyl groups excluding tert-OH is 1. The van der Waals surface area contributed by atoms with Gasteiger partial charge in [-0.05, 0) is 17.9 Å². The minimum atomic E-state index is -0.516. The fourth-order valence-electron chi connectivity index (χ4n) is 1.89. The Morgan fingerprint density at radius 3 is 2.35 bits per heavy atom. The average molecular weight is 238 g/mol. The van der Waals surface area contributed by atoms with Crippen LogP contribution in [0.5, 0.6) is 0 Å². The summed E-state index contributed by atoms with van der Waals surface area (Å²) in [7, 11) is 3.30. The first-order valence-electron chi connectivity index (χ1n) is 5.95. The van der Waals surface area contributed by atoms with E-state index in [1.165, 1.54) is 0 Å². The highest BCUT2D eigenvalue weighted by Gasteiger charge is 2.25. The third kappa shape index (κ3) is 4.11. The van der Waals surface area contributed by atoms with Crippen molar-refractivity contribution in [3.63, 3.8) is 0 Å². The topological polar surface area (TPSA) is 38.7 Å². The van der Waals surface area contributed by atoms with Gasteiger partial charge in [0.1, 0.15) is 6.10 Å². The van der Waals surface area contributed by atoms with Gasteiger partial charge in [-0.25, -0.2) is 0 Å². The van der Waals surface area contributed by atoms with E-state index in [9.17, 15) is 5.11 Å². The molecule has 96 valence electrons. The molecule has 1 aromatic rings. The number of methoxy groups -OCH3 is 2. The second-order valence-electron chi connectivity index (χ2n) is 4.32. The molecule has 0 spiro atoms. The van der Waals surface area contributed by atoms with E-state index in [-0.39, 0.29) is 12.0 Å². The molecule has 0 aliphatic rings. The monoisotopic (exact) mass is 238 g/mol. The molecule has 0 aliphatic carbocycles. The van der Waals surface area contributed by atoms with Gasteiger partial charge in [-0.3, -0.25) is 0 Å². The highest BCUT2D eigenvalue weighted by atomic mass is 16.5. The number of hydrogen-bond acceptors (Lipinski definition) is 3. The Morgan fingerprint density at radius 1 is 1.18 bits per heavy atom. The standard InChI is InChI=1S/C14H22O3/c1-11(9-10-16-2)13(15)14(17-3)12-7-5-4-6-8-12/h4-8,11,13-15H,9-10H2,1-3H3. The Morgan fingerprint density at radius 2 is 1.82 bits per heavy atom. The highest BCUT2D eigenvalue weighted by molar-refractivity contribution is 5.18. The second-order valence-corrected chi connectivity index (χ2v) is 4.32. The molecule has 0 aromatic heterocycles. The summed E-state index contributed by atoms with van der Waals surface area (Å²) in [6.45, 7) is 2.67. The number of ether oxygens (including phenoxy) is 2. The lowest BCUT2D eigenvalue weighted by Crippen LogP contribution is -2.28. The first kappa shape index (κ1) is 14.2. The zero-order valence-electron chi connectivity index (χ0n) is 10.8. The molecular formula is C14H22O3. The maximum absolute atomic E-state index is 10.3. The summed E-state index contributed by atoms with van der Waals surface area (Å²) in [5, 5.41) is 10.3. The van der Waals surface area contributed by atoms with E-state index >= 15 is 0 Å². The lowest BCUT2D eigenvalue weighted by atomic mass is 9.92. The van der Waals surface area contributed by atoms with Gasteiger partial charge < -0.3 is 14.6 Å². The second kappa shape index (κ2) is 7.43. The Kier molecular flexibility index (Phi) is 6.19. The predicted molar refractivity (Wildman–Crippen MR) is 67.9 cm³/mol. The first-order chi connectivity index (χ1) is 8.20. The van der Waals surface area contributed by atoms with Crippen molar-refractivity contribution in [2.24, 2.45) is 5.92 Å². The normalized spacial score (nSPS) is 16.5. The Bertz CT molecular complexity index is 300. The van der Waals surface area contributed by atoms with Crippen molar-refractivity contribution in [2.45, 2.75) is 25.6 Å². The molecule has 3 unspecified atom stereocenters. The van der Waals surface area contributed by atoms with E-state index in [0.717, 1.165) is 12.0 Å². The van der Waals surface area contributed by atoms with Gasteiger partial charge in [0.15, 0.2) is 0 Å². The van der Waals surface area contributed by atoms with Crippen LogP contribution in [-0.2, 0) is 9.47 Å². The molecule has 0 heterocycles. The third-order valence-corrected chi connectivity index (χ3v) is 3.05. The Hall–Kier alpha value is -0.900. The van der Waals surface area contributed by atoms with Crippen molar-refractivity contribution in [1.29, 1.82) is 0 Å². The van der Waals surface area contributed by atoms with Crippen LogP contribution in [0, 0.1) is 5.92 Å². The van der Waals surface area contributed by atoms with Gasteiger partial charge in [0.05, 0.1) is 6.10 Å². The molecule has 0 bridgehead atoms. The molecule has 0 saturated carbocycles. The van der Waals surface area contributed by atoms with Crippen molar-refractivity contribution in [3.05, 3.63) is 35.9 Å². The van der Waals surface area contributed by atoms with E-state index in [0.29, 0.717) is 6.61 Å². The fraction of sp³-hybridized carbons (Fsp3) is 0.571. The van der Waals surface area contributed by atoms with Crippen LogP contribution >= 0.6 is 0 Å². The fourth-order valence-corrected chi connectivity index (χ4v) is 1.89. The summed E-state index contributed by atoms with van der Waals surface area (Å²) >= 11 is 0. The van der Waals surface area contributed by atoms with Crippen LogP contribution in [0.15, 0.2) is 30.3 Å². The lowest BCUT2D eigenvalue weighted by Gasteiger charge is -2.26. The van der Waals surface area contributed by atoms with Gasteiger partial charge in [-0.2, -0.15) is 0 Å². The molecule has 1 aromatic carbocycles. The van der Waals surface area contributed by atoms with Crippen molar-refractivity contribution in [3.8, 4) is 0 Å². The summed E-state index contributed by atoms with van der Waals surface area (Å²) in [4.78, 5) is 0. The van der Waals surface area contributed by atoms with E-state index in [1.54, 1.807) is 14.2 Å². The summed E-state index contributed by atoms with van der Waals surface area (Å²) in [5.74, 6) is 0.139. The Labute approximate surface area is 103 Å². The van der Waals surface area contributed by atoms with Crippen LogP contribution in [0.3, 0.4) is 0 Å². The van der Waals surface area contributed by atoms with Gasteiger partial charge in [-0.1, -0.05) is 37.3 Å². The molecule has 0 saturated heterocycles. The van der Waals surface area contributed by atoms with Crippen molar-refractivity contribution in [1.82, 2.24) is 0 Å². The van der Waals surface area contributed by atoms with Crippen LogP contribution in [0.1, 0.15) is 25.0 Å². The average Bonchev–Trinajstić information content (AvgIpc) is 2.38. The van der Waals surface area contributed by atoms with Gasteiger partial charge in [0, 0.05) is 20.8 Å². The van der Waals surface area contributed by atoms with Crippen LogP contribution in [0.4, 0.5) is 0 Å². The number of aliphatic hydroxyl groups is 1. The molecule has 3 nitrogen and oxygen atoms in total. The summed E-state index contributed by atoms with van der Waals surface area (Å²) in [5.41, 5.74) is 1.01. The quantitative estimate of drug-likeness (QED) is 0.792. The summed E-state index contributed by atoms with van der Waals surface area (Å²) in [6.07, 6.45) is 0.0327. The van der Waals surface area contributed by atoms with Gasteiger partial charge >= 0.3 is 0 Å². The van der Waals surface area contributed by atoms with Crippen molar-refractivity contribution < 1.29 is 14.6 Å². The molecule has 3 heteroatoms. The van der Waals surface area contributed by atoms with Crippen LogP contribution < -0.4 is 0 Å². The predicted octanol–water partition coefficient (Wildman–Crippen LogP) is 2.41. The molecule has 3 atom stereocenters. The smallest absolute Gasteiger partial charge is 0.108 e. The van der Waals surface area contributed by atoms with Gasteiger partial charge in [0.25, 0.3) is 0 Å². The number of rotatable bonds is 7. The maximum atomic E-state index is 10.3. The van der Waals surface area contributed by atoms with Crippen LogP contribution in [0.2, 0.25) is 0 Å². The van der Waals surface area contributed by atoms with E-state index in [2.05, 4.69) is 0 Å². The minimum absolute atomic E-state index is 0.139. The molecule has 0 aliphatic heterocycles. The highest BCUT2D eigenvalue weighted by Crippen LogP contribution is 2.26. The van der Waals surface area contributed by atoms with E-state index < -0.39 is 6.10 Å². The van der Waals surface area contributed by atoms with E-state index in [1.807, 2.05) is 37.3 Å². The van der Waals surface area contributed by atoms with Gasteiger partial charge in [0.2, 0.25) is 0 Å². The van der Waals surface area contributed by atoms with Gasteiger partial charge in [-0.15, -0.1) is 0 Å². The van der Waals surface area contributed by atoms with Crippen molar-refractivity contribution in [2.75, 3.05) is 20.8 Å². The minimum Gasteiger partial charge on any atom is -0.390 e. The van der Waals surface area contributed by atoms with Crippen molar-refractivity contribution >= 4 is 0 Å². The largest absolute Gasteiger partial charge is 0.390 e. The summed E-state index contributed by atoms with van der Waals surface area (Å²) in [6, 6.07) is 9.81. The zero-order valence-corrected chi connectivity index (χ0v) is 10.8. The first-order valence-corrected chi connectivity index (χ1v) is 5.95. The lowest BCUT2D eigenvalue weighted by molar-refractivity contribution is -0.0450. The summed E-state index contributed by atoms with van der Waals surface area (Å²) < 4.78 is 10.4. The maximum Gasteiger partial charge on any atom is 0.108 e. The van der Waals surface area contributed by atoms with E-state index in [4.69, 9.17) is 9.47 Å². The number of hydrogen-bond donors (Lipinski definition) is 1. The number of benzene rings is 1.